The molecular formula is C15H15F3N2O3. The fourth-order valence-electron chi connectivity index (χ4n) is 1.59. The third-order valence-electron chi connectivity index (χ3n) is 2.60. The molecule has 0 saturated carbocycles. The molecule has 0 fully saturated rings. The molecule has 23 heavy (non-hydrogen) atoms. The number of halogens is 3. The van der Waals surface area contributed by atoms with Gasteiger partial charge in [-0.25, -0.2) is 0 Å². The quantitative estimate of drug-likeness (QED) is 0.474. The van der Waals surface area contributed by atoms with Crippen LogP contribution >= 0.6 is 0 Å². The number of methoxy groups -OCH3 is 1. The summed E-state index contributed by atoms with van der Waals surface area (Å²) in [6, 6.07) is 6.59. The van der Waals surface area contributed by atoms with Gasteiger partial charge >= 0.3 is 6.36 Å². The van der Waals surface area contributed by atoms with Crippen molar-refractivity contribution in [1.29, 1.82) is 5.26 Å². The second kappa shape index (κ2) is 8.80. The number of carbonyl (C=O) groups excluding carboxylic acids is 1. The summed E-state index contributed by atoms with van der Waals surface area (Å²) in [4.78, 5) is 11.8. The first-order chi connectivity index (χ1) is 10.9. The minimum atomic E-state index is -4.77. The zero-order chi connectivity index (χ0) is 17.3. The molecule has 124 valence electrons. The third-order valence-corrected chi connectivity index (χ3v) is 2.60. The Morgan fingerprint density at radius 2 is 2.00 bits per heavy atom. The highest BCUT2D eigenvalue weighted by atomic mass is 19.4. The lowest BCUT2D eigenvalue weighted by molar-refractivity contribution is -0.274. The second-order valence-corrected chi connectivity index (χ2v) is 4.39. The van der Waals surface area contributed by atoms with Crippen LogP contribution in [-0.2, 0) is 9.53 Å². The van der Waals surface area contributed by atoms with Crippen molar-refractivity contribution in [1.82, 2.24) is 5.32 Å². The first kappa shape index (κ1) is 18.5. The topological polar surface area (TPSA) is 71.3 Å². The molecule has 1 amide bonds. The Kier molecular flexibility index (Phi) is 7.09. The zero-order valence-corrected chi connectivity index (χ0v) is 12.3. The van der Waals surface area contributed by atoms with E-state index in [1.807, 2.05) is 0 Å². The molecule has 1 aromatic carbocycles. The van der Waals surface area contributed by atoms with E-state index >= 15 is 0 Å². The average molecular weight is 328 g/mol. The minimum absolute atomic E-state index is 0.146. The fraction of sp³-hybridized carbons (Fsp3) is 0.333. The van der Waals surface area contributed by atoms with Gasteiger partial charge in [-0.3, -0.25) is 4.79 Å². The summed E-state index contributed by atoms with van der Waals surface area (Å²) >= 11 is 0. The van der Waals surface area contributed by atoms with E-state index in [0.29, 0.717) is 25.1 Å². The second-order valence-electron chi connectivity index (χ2n) is 4.39. The van der Waals surface area contributed by atoms with Crippen LogP contribution in [0.25, 0.3) is 6.08 Å². The predicted molar refractivity (Wildman–Crippen MR) is 76.2 cm³/mol. The first-order valence-electron chi connectivity index (χ1n) is 6.60. The van der Waals surface area contributed by atoms with E-state index in [4.69, 9.17) is 10.00 Å². The molecule has 0 spiro atoms. The Hall–Kier alpha value is -2.53. The maximum atomic E-state index is 12.0. The number of nitrogens with one attached hydrogen (secondary N) is 1. The molecule has 0 unspecified atom stereocenters. The number of nitrogens with zero attached hydrogens (tertiary/aromatic N) is 1. The number of ether oxygens (including phenoxy) is 2. The standard InChI is InChI=1S/C15H15F3N2O3/c1-22-8-2-7-20-14(21)12(10-19)9-11-3-5-13(6-4-11)23-15(16,17)18/h3-6,9H,2,7-8H2,1H3,(H,20,21)/b12-9+. The van der Waals surface area contributed by atoms with Gasteiger partial charge in [-0.2, -0.15) is 5.26 Å². The van der Waals surface area contributed by atoms with Crippen molar-refractivity contribution in [2.45, 2.75) is 12.8 Å². The number of hydrogen-bond donors (Lipinski definition) is 1. The van der Waals surface area contributed by atoms with Crippen LogP contribution in [0, 0.1) is 11.3 Å². The normalized spacial score (nSPS) is 11.7. The maximum absolute atomic E-state index is 12.0. The van der Waals surface area contributed by atoms with Crippen molar-refractivity contribution in [3.05, 3.63) is 35.4 Å². The largest absolute Gasteiger partial charge is 0.573 e. The van der Waals surface area contributed by atoms with Crippen LogP contribution in [0.2, 0.25) is 0 Å². The highest BCUT2D eigenvalue weighted by molar-refractivity contribution is 6.01. The molecule has 8 heteroatoms. The van der Waals surface area contributed by atoms with Crippen molar-refractivity contribution in [3.63, 3.8) is 0 Å². The lowest BCUT2D eigenvalue weighted by Gasteiger charge is -2.08. The number of carbonyl (C=O) groups is 1. The number of hydrogen-bond acceptors (Lipinski definition) is 4. The van der Waals surface area contributed by atoms with E-state index in [0.717, 1.165) is 12.1 Å². The third kappa shape index (κ3) is 7.33. The van der Waals surface area contributed by atoms with Gasteiger partial charge in [0.1, 0.15) is 17.4 Å². The zero-order valence-electron chi connectivity index (χ0n) is 12.3. The van der Waals surface area contributed by atoms with Crippen molar-refractivity contribution in [2.75, 3.05) is 20.3 Å². The molecule has 0 bridgehead atoms. The van der Waals surface area contributed by atoms with Crippen molar-refractivity contribution < 1.29 is 27.4 Å². The molecule has 0 atom stereocenters. The Bertz CT molecular complexity index is 589. The Labute approximate surface area is 131 Å². The lowest BCUT2D eigenvalue weighted by Crippen LogP contribution is -2.26. The molecule has 5 nitrogen and oxygen atoms in total. The fourth-order valence-corrected chi connectivity index (χ4v) is 1.59. The van der Waals surface area contributed by atoms with E-state index < -0.39 is 12.3 Å². The maximum Gasteiger partial charge on any atom is 0.573 e. The molecule has 0 aromatic heterocycles. The van der Waals surface area contributed by atoms with Gasteiger partial charge < -0.3 is 14.8 Å². The first-order valence-corrected chi connectivity index (χ1v) is 6.60. The summed E-state index contributed by atoms with van der Waals surface area (Å²) in [5.41, 5.74) is 0.259. The van der Waals surface area contributed by atoms with Gasteiger partial charge in [0.15, 0.2) is 0 Å². The molecule has 0 aliphatic carbocycles. The molecule has 0 saturated heterocycles. The van der Waals surface area contributed by atoms with Gasteiger partial charge in [-0.1, -0.05) is 12.1 Å². The smallest absolute Gasteiger partial charge is 0.406 e. The Morgan fingerprint density at radius 1 is 1.35 bits per heavy atom. The average Bonchev–Trinajstić information content (AvgIpc) is 2.49. The minimum Gasteiger partial charge on any atom is -0.406 e. The number of rotatable bonds is 7. The van der Waals surface area contributed by atoms with Crippen LogP contribution in [0.5, 0.6) is 5.75 Å². The molecule has 0 aliphatic heterocycles. The van der Waals surface area contributed by atoms with Crippen molar-refractivity contribution >= 4 is 12.0 Å². The van der Waals surface area contributed by atoms with Gasteiger partial charge in [-0.15, -0.1) is 13.2 Å². The molecule has 0 heterocycles. The van der Waals surface area contributed by atoms with Gasteiger partial charge in [-0.05, 0) is 30.2 Å². The number of benzene rings is 1. The van der Waals surface area contributed by atoms with Gasteiger partial charge in [0, 0.05) is 20.3 Å². The monoisotopic (exact) mass is 328 g/mol. The summed E-state index contributed by atoms with van der Waals surface area (Å²) in [5.74, 6) is -0.934. The van der Waals surface area contributed by atoms with Crippen molar-refractivity contribution in [3.8, 4) is 11.8 Å². The van der Waals surface area contributed by atoms with Crippen LogP contribution in [-0.4, -0.2) is 32.5 Å². The molecule has 0 aliphatic rings. The molecule has 1 N–H and O–H groups in total. The summed E-state index contributed by atoms with van der Waals surface area (Å²) in [5, 5.41) is 11.5. The lowest BCUT2D eigenvalue weighted by atomic mass is 10.1. The number of alkyl halides is 3. The number of amides is 1. The van der Waals surface area contributed by atoms with Crippen LogP contribution < -0.4 is 10.1 Å². The van der Waals surface area contributed by atoms with Gasteiger partial charge in [0.2, 0.25) is 0 Å². The highest BCUT2D eigenvalue weighted by Crippen LogP contribution is 2.23. The predicted octanol–water partition coefficient (Wildman–Crippen LogP) is 2.64. The Balaban J connectivity index is 2.71. The SMILES string of the molecule is COCCCNC(=O)/C(C#N)=C/c1ccc(OC(F)(F)F)cc1. The molecule has 1 rings (SSSR count). The number of nitriles is 1. The molecule has 0 radical (unpaired) electrons. The summed E-state index contributed by atoms with van der Waals surface area (Å²) < 4.78 is 44.7. The van der Waals surface area contributed by atoms with Gasteiger partial charge in [0.05, 0.1) is 0 Å². The van der Waals surface area contributed by atoms with E-state index in [-0.39, 0.29) is 11.3 Å². The summed E-state index contributed by atoms with van der Waals surface area (Å²) in [6.07, 6.45) is -2.88. The summed E-state index contributed by atoms with van der Waals surface area (Å²) in [7, 11) is 1.54. The van der Waals surface area contributed by atoms with Crippen molar-refractivity contribution in [2.24, 2.45) is 0 Å². The highest BCUT2D eigenvalue weighted by Gasteiger charge is 2.30. The van der Waals surface area contributed by atoms with Crippen LogP contribution in [0.4, 0.5) is 13.2 Å². The molecule has 1 aromatic rings. The van der Waals surface area contributed by atoms with Crippen LogP contribution in [0.3, 0.4) is 0 Å². The van der Waals surface area contributed by atoms with Gasteiger partial charge in [0.25, 0.3) is 5.91 Å². The molecular weight excluding hydrogens is 313 g/mol. The summed E-state index contributed by atoms with van der Waals surface area (Å²) in [6.45, 7) is 0.830. The van der Waals surface area contributed by atoms with E-state index in [9.17, 15) is 18.0 Å². The van der Waals surface area contributed by atoms with E-state index in [1.165, 1.54) is 25.3 Å². The van der Waals surface area contributed by atoms with Crippen LogP contribution in [0.1, 0.15) is 12.0 Å². The van der Waals surface area contributed by atoms with E-state index in [1.54, 1.807) is 6.07 Å². The van der Waals surface area contributed by atoms with Crippen LogP contribution in [0.15, 0.2) is 29.8 Å². The Morgan fingerprint density at radius 3 is 2.52 bits per heavy atom. The van der Waals surface area contributed by atoms with E-state index in [2.05, 4.69) is 10.1 Å².